The summed E-state index contributed by atoms with van der Waals surface area (Å²) in [6.45, 7) is 0. The van der Waals surface area contributed by atoms with Crippen LogP contribution in [0.5, 0.6) is 11.5 Å². The number of rotatable bonds is 7. The molecule has 2 N–H and O–H groups in total. The molecule has 168 valence electrons. The maximum absolute atomic E-state index is 12.9. The minimum absolute atomic E-state index is 0.235. The largest absolute Gasteiger partial charge is 0.497 e. The number of carbonyl (C=O) groups is 1. The van der Waals surface area contributed by atoms with Gasteiger partial charge in [0.15, 0.2) is 0 Å². The van der Waals surface area contributed by atoms with Crippen LogP contribution in [0.4, 0.5) is 10.5 Å². The van der Waals surface area contributed by atoms with Crippen molar-refractivity contribution in [3.63, 3.8) is 0 Å². The standard InChI is InChI=1S/C24H21ClN4O4/c1-31-18-12-13-20(32-2)19(14-18)26-24(30)27-21(15-6-4-3-5-7-15)23-29-28-22(33-23)16-8-10-17(25)11-9-16/h3-14,21H,1-2H3,(H2,26,27,30). The quantitative estimate of drug-likeness (QED) is 0.384. The first-order chi connectivity index (χ1) is 16.1. The summed E-state index contributed by atoms with van der Waals surface area (Å²) in [7, 11) is 3.07. The van der Waals surface area contributed by atoms with Crippen molar-refractivity contribution in [3.05, 3.63) is 89.3 Å². The molecule has 1 unspecified atom stereocenters. The van der Waals surface area contributed by atoms with E-state index in [2.05, 4.69) is 20.8 Å². The van der Waals surface area contributed by atoms with Gasteiger partial charge in [-0.3, -0.25) is 0 Å². The molecule has 4 aromatic rings. The van der Waals surface area contributed by atoms with Crippen LogP contribution in [0.15, 0.2) is 77.2 Å². The third-order valence-electron chi connectivity index (χ3n) is 4.84. The first kappa shape index (κ1) is 22.2. The van der Waals surface area contributed by atoms with Crippen molar-refractivity contribution in [1.29, 1.82) is 0 Å². The summed E-state index contributed by atoms with van der Waals surface area (Å²) < 4.78 is 16.5. The Hall–Kier alpha value is -4.04. The van der Waals surface area contributed by atoms with E-state index in [0.29, 0.717) is 28.1 Å². The van der Waals surface area contributed by atoms with Crippen LogP contribution in [-0.2, 0) is 0 Å². The molecule has 0 fully saturated rings. The lowest BCUT2D eigenvalue weighted by Gasteiger charge is -2.17. The second-order valence-corrected chi connectivity index (χ2v) is 7.40. The van der Waals surface area contributed by atoms with Gasteiger partial charge >= 0.3 is 6.03 Å². The summed E-state index contributed by atoms with van der Waals surface area (Å²) in [5.41, 5.74) is 1.95. The maximum atomic E-state index is 12.9. The third-order valence-corrected chi connectivity index (χ3v) is 5.09. The average molecular weight is 465 g/mol. The van der Waals surface area contributed by atoms with Crippen LogP contribution >= 0.6 is 11.6 Å². The summed E-state index contributed by atoms with van der Waals surface area (Å²) in [6.07, 6.45) is 0. The van der Waals surface area contributed by atoms with Crippen LogP contribution in [0.1, 0.15) is 17.5 Å². The first-order valence-corrected chi connectivity index (χ1v) is 10.4. The zero-order valence-corrected chi connectivity index (χ0v) is 18.7. The SMILES string of the molecule is COc1ccc(OC)c(NC(=O)NC(c2ccccc2)c2nnc(-c3ccc(Cl)cc3)o2)c1. The highest BCUT2D eigenvalue weighted by atomic mass is 35.5. The van der Waals surface area contributed by atoms with Crippen molar-refractivity contribution in [2.24, 2.45) is 0 Å². The van der Waals surface area contributed by atoms with Crippen LogP contribution in [-0.4, -0.2) is 30.4 Å². The van der Waals surface area contributed by atoms with Gasteiger partial charge in [0.05, 0.1) is 19.9 Å². The van der Waals surface area contributed by atoms with Gasteiger partial charge in [0.1, 0.15) is 17.5 Å². The molecule has 0 bridgehead atoms. The number of ether oxygens (including phenoxy) is 2. The summed E-state index contributed by atoms with van der Waals surface area (Å²) in [5, 5.41) is 14.6. The number of methoxy groups -OCH3 is 2. The van der Waals surface area contributed by atoms with Gasteiger partial charge < -0.3 is 24.5 Å². The Morgan fingerprint density at radius 2 is 1.73 bits per heavy atom. The monoisotopic (exact) mass is 464 g/mol. The van der Waals surface area contributed by atoms with Crippen molar-refractivity contribution < 1.29 is 18.7 Å². The Morgan fingerprint density at radius 1 is 0.970 bits per heavy atom. The molecule has 1 atom stereocenters. The number of carbonyl (C=O) groups excluding carboxylic acids is 1. The van der Waals surface area contributed by atoms with E-state index in [1.165, 1.54) is 7.11 Å². The highest BCUT2D eigenvalue weighted by molar-refractivity contribution is 6.30. The van der Waals surface area contributed by atoms with E-state index in [1.807, 2.05) is 30.3 Å². The lowest BCUT2D eigenvalue weighted by atomic mass is 10.1. The molecule has 0 aliphatic heterocycles. The zero-order valence-electron chi connectivity index (χ0n) is 17.9. The molecular weight excluding hydrogens is 444 g/mol. The number of hydrogen-bond donors (Lipinski definition) is 2. The van der Waals surface area contributed by atoms with Crippen molar-refractivity contribution >= 4 is 23.3 Å². The van der Waals surface area contributed by atoms with Crippen molar-refractivity contribution in [2.45, 2.75) is 6.04 Å². The fraction of sp³-hybridized carbons (Fsp3) is 0.125. The van der Waals surface area contributed by atoms with Crippen molar-refractivity contribution in [1.82, 2.24) is 15.5 Å². The zero-order chi connectivity index (χ0) is 23.2. The topological polar surface area (TPSA) is 98.5 Å². The predicted octanol–water partition coefficient (Wildman–Crippen LogP) is 5.32. The molecule has 33 heavy (non-hydrogen) atoms. The highest BCUT2D eigenvalue weighted by Gasteiger charge is 2.24. The number of hydrogen-bond acceptors (Lipinski definition) is 6. The first-order valence-electron chi connectivity index (χ1n) is 10.0. The maximum Gasteiger partial charge on any atom is 0.320 e. The minimum Gasteiger partial charge on any atom is -0.497 e. The van der Waals surface area contributed by atoms with E-state index < -0.39 is 12.1 Å². The van der Waals surface area contributed by atoms with Crippen LogP contribution in [0.3, 0.4) is 0 Å². The summed E-state index contributed by atoms with van der Waals surface area (Å²) in [4.78, 5) is 12.9. The third kappa shape index (κ3) is 5.24. The molecule has 0 spiro atoms. The molecule has 3 aromatic carbocycles. The Morgan fingerprint density at radius 3 is 2.42 bits per heavy atom. The van der Waals surface area contributed by atoms with Gasteiger partial charge in [0.25, 0.3) is 0 Å². The van der Waals surface area contributed by atoms with Crippen molar-refractivity contribution in [3.8, 4) is 23.0 Å². The highest BCUT2D eigenvalue weighted by Crippen LogP contribution is 2.30. The normalized spacial score (nSPS) is 11.5. The number of anilines is 1. The van der Waals surface area contributed by atoms with E-state index >= 15 is 0 Å². The van der Waals surface area contributed by atoms with Crippen LogP contribution in [0.2, 0.25) is 5.02 Å². The summed E-state index contributed by atoms with van der Waals surface area (Å²) >= 11 is 5.96. The number of halogens is 1. The molecule has 0 radical (unpaired) electrons. The minimum atomic E-state index is -0.684. The average Bonchev–Trinajstić information content (AvgIpc) is 3.33. The smallest absolute Gasteiger partial charge is 0.320 e. The molecule has 9 heteroatoms. The van der Waals surface area contributed by atoms with Gasteiger partial charge in [-0.1, -0.05) is 41.9 Å². The lowest BCUT2D eigenvalue weighted by molar-refractivity contribution is 0.248. The molecule has 1 aromatic heterocycles. The molecule has 0 saturated carbocycles. The number of benzene rings is 3. The Balaban J connectivity index is 1.60. The molecule has 8 nitrogen and oxygen atoms in total. The van der Waals surface area contributed by atoms with Gasteiger partial charge in [-0.25, -0.2) is 4.79 Å². The predicted molar refractivity (Wildman–Crippen MR) is 125 cm³/mol. The van der Waals surface area contributed by atoms with Crippen LogP contribution in [0.25, 0.3) is 11.5 Å². The number of urea groups is 1. The molecule has 1 heterocycles. The second kappa shape index (κ2) is 10.1. The molecule has 0 saturated heterocycles. The van der Waals surface area contributed by atoms with E-state index in [4.69, 9.17) is 25.5 Å². The second-order valence-electron chi connectivity index (χ2n) is 6.96. The van der Waals surface area contributed by atoms with Gasteiger partial charge in [0, 0.05) is 16.7 Å². The lowest BCUT2D eigenvalue weighted by Crippen LogP contribution is -2.33. The van der Waals surface area contributed by atoms with E-state index in [-0.39, 0.29) is 5.89 Å². The summed E-state index contributed by atoms with van der Waals surface area (Å²) in [6, 6.07) is 20.3. The van der Waals surface area contributed by atoms with Gasteiger partial charge in [-0.05, 0) is 42.0 Å². The van der Waals surface area contributed by atoms with Crippen LogP contribution in [0, 0.1) is 0 Å². The molecule has 0 aliphatic rings. The Kier molecular flexibility index (Phi) is 6.75. The van der Waals surface area contributed by atoms with Gasteiger partial charge in [-0.15, -0.1) is 10.2 Å². The van der Waals surface area contributed by atoms with E-state index in [1.54, 1.807) is 49.6 Å². The Bertz CT molecular complexity index is 1230. The molecule has 2 amide bonds. The molecule has 0 aliphatic carbocycles. The van der Waals surface area contributed by atoms with Crippen LogP contribution < -0.4 is 20.1 Å². The number of nitrogens with zero attached hydrogens (tertiary/aromatic N) is 2. The van der Waals surface area contributed by atoms with Gasteiger partial charge in [0.2, 0.25) is 11.8 Å². The number of nitrogens with one attached hydrogen (secondary N) is 2. The van der Waals surface area contributed by atoms with Gasteiger partial charge in [-0.2, -0.15) is 0 Å². The fourth-order valence-corrected chi connectivity index (χ4v) is 3.32. The molecular formula is C24H21ClN4O4. The number of amides is 2. The fourth-order valence-electron chi connectivity index (χ4n) is 3.19. The van der Waals surface area contributed by atoms with E-state index in [0.717, 1.165) is 11.1 Å². The number of aromatic nitrogens is 2. The molecule has 4 rings (SSSR count). The van der Waals surface area contributed by atoms with E-state index in [9.17, 15) is 4.79 Å². The Labute approximate surface area is 195 Å². The summed E-state index contributed by atoms with van der Waals surface area (Å²) in [5.74, 6) is 1.62. The van der Waals surface area contributed by atoms with Crippen molar-refractivity contribution in [2.75, 3.05) is 19.5 Å².